The molecule has 0 aliphatic carbocycles. The zero-order chi connectivity index (χ0) is 23.5. The fourth-order valence-corrected chi connectivity index (χ4v) is 4.79. The van der Waals surface area contributed by atoms with Gasteiger partial charge in [-0.15, -0.1) is 23.2 Å². The maximum absolute atomic E-state index is 5.73. The maximum Gasteiger partial charge on any atom is 0.0223 e. The number of halogens is 2. The molecule has 0 atom stereocenters. The van der Waals surface area contributed by atoms with Crippen molar-refractivity contribution in [2.45, 2.75) is 128 Å². The number of hydrogen-bond donors (Lipinski definition) is 0. The monoisotopic (exact) mass is 492 g/mol. The van der Waals surface area contributed by atoms with Crippen LogP contribution in [-0.4, -0.2) is 61.8 Å². The number of rotatable bonds is 27. The van der Waals surface area contributed by atoms with E-state index in [0.717, 1.165) is 11.8 Å². The summed E-state index contributed by atoms with van der Waals surface area (Å²) in [5, 5.41) is 0. The van der Waals surface area contributed by atoms with Crippen LogP contribution in [0.5, 0.6) is 0 Å². The first kappa shape index (κ1) is 32.5. The van der Waals surface area contributed by atoms with Gasteiger partial charge in [-0.05, 0) is 78.8 Å². The van der Waals surface area contributed by atoms with Crippen molar-refractivity contribution in [1.29, 1.82) is 0 Å². The number of nitrogens with zero attached hydrogens (tertiary/aromatic N) is 2. The molecule has 0 saturated carbocycles. The highest BCUT2D eigenvalue weighted by atomic mass is 35.5. The van der Waals surface area contributed by atoms with Gasteiger partial charge in [0.25, 0.3) is 0 Å². The van der Waals surface area contributed by atoms with Gasteiger partial charge in [0, 0.05) is 11.8 Å². The first-order valence-electron chi connectivity index (χ1n) is 14.2. The molecule has 0 fully saturated rings. The Kier molecular flexibility index (Phi) is 28.2. The number of hydrogen-bond acceptors (Lipinski definition) is 2. The standard InChI is InChI=1S/C28H58Cl2N2/c1-31(27-21-15-17-23-29)25-19-13-11-9-7-5-3-4-6-8-10-12-14-20-26-32(2)28-22-16-18-24-30/h3-28H2,1-2H3. The van der Waals surface area contributed by atoms with Gasteiger partial charge in [-0.2, -0.15) is 0 Å². The minimum absolute atomic E-state index is 0.818. The van der Waals surface area contributed by atoms with Crippen LogP contribution in [-0.2, 0) is 0 Å². The van der Waals surface area contributed by atoms with E-state index in [-0.39, 0.29) is 0 Å². The second kappa shape index (κ2) is 27.7. The maximum atomic E-state index is 5.73. The summed E-state index contributed by atoms with van der Waals surface area (Å²) in [6, 6.07) is 0. The van der Waals surface area contributed by atoms with Gasteiger partial charge in [0.15, 0.2) is 0 Å². The Morgan fingerprint density at radius 1 is 0.312 bits per heavy atom. The predicted octanol–water partition coefficient (Wildman–Crippen LogP) is 9.13. The van der Waals surface area contributed by atoms with E-state index >= 15 is 0 Å². The van der Waals surface area contributed by atoms with E-state index in [0.29, 0.717) is 0 Å². The summed E-state index contributed by atoms with van der Waals surface area (Å²) in [5.41, 5.74) is 0. The van der Waals surface area contributed by atoms with Gasteiger partial charge in [0.2, 0.25) is 0 Å². The Labute approximate surface area is 213 Å². The van der Waals surface area contributed by atoms with Gasteiger partial charge in [0.1, 0.15) is 0 Å². The summed E-state index contributed by atoms with van der Waals surface area (Å²) in [5.74, 6) is 1.64. The largest absolute Gasteiger partial charge is 0.306 e. The molecule has 0 bridgehead atoms. The van der Waals surface area contributed by atoms with Crippen molar-refractivity contribution >= 4 is 23.2 Å². The van der Waals surface area contributed by atoms with Crippen LogP contribution in [0.15, 0.2) is 0 Å². The Bertz CT molecular complexity index is 309. The first-order valence-corrected chi connectivity index (χ1v) is 15.3. The molecule has 0 heterocycles. The highest BCUT2D eigenvalue weighted by molar-refractivity contribution is 6.18. The Morgan fingerprint density at radius 3 is 0.719 bits per heavy atom. The summed E-state index contributed by atoms with van der Waals surface area (Å²) in [6.45, 7) is 5.02. The Morgan fingerprint density at radius 2 is 0.500 bits per heavy atom. The summed E-state index contributed by atoms with van der Waals surface area (Å²) < 4.78 is 0. The molecular formula is C28H58Cl2N2. The van der Waals surface area contributed by atoms with Gasteiger partial charge >= 0.3 is 0 Å². The Hall–Kier alpha value is 0.500. The highest BCUT2D eigenvalue weighted by Gasteiger charge is 2.00. The van der Waals surface area contributed by atoms with E-state index in [2.05, 4.69) is 23.9 Å². The van der Waals surface area contributed by atoms with Crippen LogP contribution in [0.1, 0.15) is 128 Å². The van der Waals surface area contributed by atoms with Crippen molar-refractivity contribution in [3.63, 3.8) is 0 Å². The summed E-state index contributed by atoms with van der Waals surface area (Å²) >= 11 is 11.5. The quantitative estimate of drug-likeness (QED) is 0.0831. The van der Waals surface area contributed by atoms with Crippen molar-refractivity contribution in [2.24, 2.45) is 0 Å². The van der Waals surface area contributed by atoms with Gasteiger partial charge in [0.05, 0.1) is 0 Å². The summed E-state index contributed by atoms with van der Waals surface area (Å²) in [6.07, 6.45) is 27.6. The van der Waals surface area contributed by atoms with Gasteiger partial charge in [-0.3, -0.25) is 0 Å². The molecule has 0 radical (unpaired) electrons. The zero-order valence-electron chi connectivity index (χ0n) is 22.0. The second-order valence-corrected chi connectivity index (χ2v) is 10.8. The van der Waals surface area contributed by atoms with E-state index in [4.69, 9.17) is 23.2 Å². The fraction of sp³-hybridized carbons (Fsp3) is 1.00. The molecular weight excluding hydrogens is 435 g/mol. The van der Waals surface area contributed by atoms with Crippen LogP contribution >= 0.6 is 23.2 Å². The van der Waals surface area contributed by atoms with Crippen molar-refractivity contribution in [3.8, 4) is 0 Å². The molecule has 0 N–H and O–H groups in total. The normalized spacial score (nSPS) is 11.8. The van der Waals surface area contributed by atoms with Crippen molar-refractivity contribution in [1.82, 2.24) is 9.80 Å². The minimum Gasteiger partial charge on any atom is -0.306 e. The molecule has 0 spiro atoms. The third-order valence-corrected chi connectivity index (χ3v) is 7.21. The number of unbranched alkanes of at least 4 members (excludes halogenated alkanes) is 17. The molecule has 0 amide bonds. The molecule has 2 nitrogen and oxygen atoms in total. The lowest BCUT2D eigenvalue weighted by Gasteiger charge is -2.16. The molecule has 0 aromatic rings. The molecule has 194 valence electrons. The van der Waals surface area contributed by atoms with E-state index in [1.807, 2.05) is 0 Å². The average molecular weight is 494 g/mol. The topological polar surface area (TPSA) is 6.48 Å². The molecule has 0 unspecified atom stereocenters. The van der Waals surface area contributed by atoms with Crippen molar-refractivity contribution < 1.29 is 0 Å². The predicted molar refractivity (Wildman–Crippen MR) is 149 cm³/mol. The average Bonchev–Trinajstić information content (AvgIpc) is 2.79. The van der Waals surface area contributed by atoms with E-state index in [9.17, 15) is 0 Å². The molecule has 0 aromatic heterocycles. The van der Waals surface area contributed by atoms with Crippen LogP contribution in [0.25, 0.3) is 0 Å². The molecule has 32 heavy (non-hydrogen) atoms. The van der Waals surface area contributed by atoms with Crippen molar-refractivity contribution in [2.75, 3.05) is 52.0 Å². The van der Waals surface area contributed by atoms with Gasteiger partial charge in [-0.1, -0.05) is 89.9 Å². The first-order chi connectivity index (χ1) is 15.7. The fourth-order valence-electron chi connectivity index (χ4n) is 4.41. The van der Waals surface area contributed by atoms with Gasteiger partial charge in [-0.25, -0.2) is 0 Å². The van der Waals surface area contributed by atoms with Crippen LogP contribution in [0.3, 0.4) is 0 Å². The van der Waals surface area contributed by atoms with Crippen LogP contribution in [0.4, 0.5) is 0 Å². The molecule has 0 aromatic carbocycles. The smallest absolute Gasteiger partial charge is 0.0223 e. The summed E-state index contributed by atoms with van der Waals surface area (Å²) in [7, 11) is 4.54. The van der Waals surface area contributed by atoms with Crippen LogP contribution in [0.2, 0.25) is 0 Å². The number of alkyl halides is 2. The van der Waals surface area contributed by atoms with Crippen LogP contribution in [0, 0.1) is 0 Å². The molecule has 0 rings (SSSR count). The molecule has 4 heteroatoms. The molecule has 0 aliphatic rings. The Balaban J connectivity index is 3.14. The van der Waals surface area contributed by atoms with Gasteiger partial charge < -0.3 is 9.80 Å². The molecule has 0 saturated heterocycles. The lowest BCUT2D eigenvalue weighted by Crippen LogP contribution is -2.20. The summed E-state index contributed by atoms with van der Waals surface area (Å²) in [4.78, 5) is 5.00. The lowest BCUT2D eigenvalue weighted by molar-refractivity contribution is 0.315. The second-order valence-electron chi connectivity index (χ2n) is 10.1. The SMILES string of the molecule is CN(CCCCCCl)CCCCCCCCCCCCCCCCN(C)CCCCCCl. The zero-order valence-corrected chi connectivity index (χ0v) is 23.5. The van der Waals surface area contributed by atoms with E-state index in [1.165, 1.54) is 155 Å². The third-order valence-electron chi connectivity index (χ3n) is 6.68. The highest BCUT2D eigenvalue weighted by Crippen LogP contribution is 2.13. The minimum atomic E-state index is 0.818. The lowest BCUT2D eigenvalue weighted by atomic mass is 10.0. The van der Waals surface area contributed by atoms with E-state index < -0.39 is 0 Å². The molecule has 0 aliphatic heterocycles. The third kappa shape index (κ3) is 26.7. The van der Waals surface area contributed by atoms with Crippen LogP contribution < -0.4 is 0 Å². The van der Waals surface area contributed by atoms with E-state index in [1.54, 1.807) is 0 Å². The van der Waals surface area contributed by atoms with Crippen molar-refractivity contribution in [3.05, 3.63) is 0 Å².